The number of fused-ring (bicyclic) bond motifs is 1. The first kappa shape index (κ1) is 19.5. The molecule has 146 valence electrons. The van der Waals surface area contributed by atoms with E-state index in [4.69, 9.17) is 0 Å². The van der Waals surface area contributed by atoms with Crippen molar-refractivity contribution >= 4 is 32.5 Å². The summed E-state index contributed by atoms with van der Waals surface area (Å²) in [5.74, 6) is -0.594. The Balaban J connectivity index is 2.06. The highest BCUT2D eigenvalue weighted by molar-refractivity contribution is 7.90. The Morgan fingerprint density at radius 1 is 1.07 bits per heavy atom. The molecular formula is C18H18N4O5S. The van der Waals surface area contributed by atoms with Crippen molar-refractivity contribution in [2.45, 2.75) is 11.8 Å². The first-order valence-electron chi connectivity index (χ1n) is 8.19. The van der Waals surface area contributed by atoms with E-state index in [1.165, 1.54) is 42.9 Å². The van der Waals surface area contributed by atoms with Crippen LogP contribution >= 0.6 is 0 Å². The maximum absolute atomic E-state index is 12.6. The first-order chi connectivity index (χ1) is 13.0. The second-order valence-electron chi connectivity index (χ2n) is 6.48. The third kappa shape index (κ3) is 3.33. The summed E-state index contributed by atoms with van der Waals surface area (Å²) in [5, 5.41) is 2.83. The van der Waals surface area contributed by atoms with Gasteiger partial charge in [0, 0.05) is 26.0 Å². The van der Waals surface area contributed by atoms with Gasteiger partial charge in [0.15, 0.2) is 9.84 Å². The first-order valence-corrected chi connectivity index (χ1v) is 10.1. The molecule has 1 amide bonds. The van der Waals surface area contributed by atoms with Gasteiger partial charge in [-0.15, -0.1) is 0 Å². The molecule has 0 aliphatic heterocycles. The van der Waals surface area contributed by atoms with E-state index in [-0.39, 0.29) is 21.6 Å². The number of carbonyl (C=O) groups is 1. The maximum Gasteiger partial charge on any atom is 0.332 e. The normalized spacial score (nSPS) is 11.6. The van der Waals surface area contributed by atoms with E-state index >= 15 is 0 Å². The van der Waals surface area contributed by atoms with Gasteiger partial charge >= 0.3 is 5.69 Å². The number of aryl methyl sites for hydroxylation is 2. The van der Waals surface area contributed by atoms with Gasteiger partial charge in [-0.25, -0.2) is 18.2 Å². The number of sulfone groups is 1. The Bertz CT molecular complexity index is 1350. The van der Waals surface area contributed by atoms with Crippen molar-refractivity contribution in [2.75, 3.05) is 11.6 Å². The zero-order valence-electron chi connectivity index (χ0n) is 15.7. The lowest BCUT2D eigenvalue weighted by Crippen LogP contribution is -2.37. The zero-order chi connectivity index (χ0) is 20.8. The van der Waals surface area contributed by atoms with Gasteiger partial charge in [-0.3, -0.25) is 18.7 Å². The summed E-state index contributed by atoms with van der Waals surface area (Å²) in [6, 6.07) is 7.22. The SMILES string of the molecule is Cc1ccc(S(C)(=O)=O)cc1NC(=O)c1ccc2c(=O)n(C)c(=O)n(C)c2n1. The molecule has 3 rings (SSSR count). The largest absolute Gasteiger partial charge is 0.332 e. The third-order valence-electron chi connectivity index (χ3n) is 4.42. The molecule has 3 aromatic rings. The molecule has 2 heterocycles. The van der Waals surface area contributed by atoms with Crippen LogP contribution in [-0.2, 0) is 23.9 Å². The Morgan fingerprint density at radius 2 is 1.75 bits per heavy atom. The van der Waals surface area contributed by atoms with E-state index in [9.17, 15) is 22.8 Å². The van der Waals surface area contributed by atoms with Gasteiger partial charge in [0.1, 0.15) is 11.3 Å². The molecule has 0 saturated carbocycles. The van der Waals surface area contributed by atoms with Crippen LogP contribution in [0.2, 0.25) is 0 Å². The number of aromatic nitrogens is 3. The molecule has 0 fully saturated rings. The van der Waals surface area contributed by atoms with Gasteiger partial charge in [0.2, 0.25) is 0 Å². The molecule has 0 unspecified atom stereocenters. The van der Waals surface area contributed by atoms with E-state index in [1.807, 2.05) is 0 Å². The molecule has 1 aromatic carbocycles. The van der Waals surface area contributed by atoms with E-state index in [2.05, 4.69) is 10.3 Å². The lowest BCUT2D eigenvalue weighted by atomic mass is 10.2. The van der Waals surface area contributed by atoms with Crippen LogP contribution in [0.5, 0.6) is 0 Å². The average molecular weight is 402 g/mol. The minimum atomic E-state index is -3.43. The Kier molecular flexibility index (Phi) is 4.67. The van der Waals surface area contributed by atoms with Crippen molar-refractivity contribution in [1.82, 2.24) is 14.1 Å². The van der Waals surface area contributed by atoms with Gasteiger partial charge in [0.05, 0.1) is 10.3 Å². The number of anilines is 1. The van der Waals surface area contributed by atoms with Crippen LogP contribution in [-0.4, -0.2) is 34.7 Å². The number of carbonyl (C=O) groups excluding carboxylic acids is 1. The van der Waals surface area contributed by atoms with Crippen molar-refractivity contribution < 1.29 is 13.2 Å². The van der Waals surface area contributed by atoms with Gasteiger partial charge in [-0.1, -0.05) is 6.07 Å². The summed E-state index contributed by atoms with van der Waals surface area (Å²) >= 11 is 0. The fraction of sp³-hybridized carbons (Fsp3) is 0.222. The molecule has 2 aromatic heterocycles. The molecule has 9 nitrogen and oxygen atoms in total. The number of nitrogens with zero attached hydrogens (tertiary/aromatic N) is 3. The molecule has 0 radical (unpaired) electrons. The molecule has 0 atom stereocenters. The zero-order valence-corrected chi connectivity index (χ0v) is 16.5. The molecule has 0 saturated heterocycles. The van der Waals surface area contributed by atoms with Crippen molar-refractivity contribution in [3.05, 3.63) is 62.4 Å². The molecule has 0 aliphatic rings. The molecule has 0 spiro atoms. The molecule has 28 heavy (non-hydrogen) atoms. The minimum Gasteiger partial charge on any atom is -0.320 e. The molecule has 10 heteroatoms. The Morgan fingerprint density at radius 3 is 2.39 bits per heavy atom. The second kappa shape index (κ2) is 6.71. The Labute approximate surface area is 160 Å². The third-order valence-corrected chi connectivity index (χ3v) is 5.53. The van der Waals surface area contributed by atoms with Crippen LogP contribution in [0.15, 0.2) is 44.8 Å². The van der Waals surface area contributed by atoms with Crippen LogP contribution in [0.25, 0.3) is 11.0 Å². The van der Waals surface area contributed by atoms with E-state index in [0.717, 1.165) is 10.8 Å². The predicted molar refractivity (Wildman–Crippen MR) is 104 cm³/mol. The number of nitrogens with one attached hydrogen (secondary N) is 1. The van der Waals surface area contributed by atoms with Crippen LogP contribution in [0.1, 0.15) is 16.1 Å². The molecule has 1 N–H and O–H groups in total. The van der Waals surface area contributed by atoms with E-state index in [1.54, 1.807) is 13.0 Å². The summed E-state index contributed by atoms with van der Waals surface area (Å²) in [6.07, 6.45) is 1.08. The fourth-order valence-corrected chi connectivity index (χ4v) is 3.38. The lowest BCUT2D eigenvalue weighted by Gasteiger charge is -2.11. The maximum atomic E-state index is 12.6. The smallest absolute Gasteiger partial charge is 0.320 e. The average Bonchev–Trinajstić information content (AvgIpc) is 2.64. The fourth-order valence-electron chi connectivity index (χ4n) is 2.73. The van der Waals surface area contributed by atoms with E-state index in [0.29, 0.717) is 11.3 Å². The number of benzene rings is 1. The highest BCUT2D eigenvalue weighted by atomic mass is 32.2. The van der Waals surface area contributed by atoms with Crippen molar-refractivity contribution in [3.8, 4) is 0 Å². The van der Waals surface area contributed by atoms with Crippen molar-refractivity contribution in [1.29, 1.82) is 0 Å². The van der Waals surface area contributed by atoms with Crippen LogP contribution in [0.4, 0.5) is 5.69 Å². The van der Waals surface area contributed by atoms with Crippen LogP contribution in [0.3, 0.4) is 0 Å². The van der Waals surface area contributed by atoms with Crippen molar-refractivity contribution in [3.63, 3.8) is 0 Å². The summed E-state index contributed by atoms with van der Waals surface area (Å²) in [5.41, 5.74) is 0.00581. The second-order valence-corrected chi connectivity index (χ2v) is 8.49. The summed E-state index contributed by atoms with van der Waals surface area (Å²) in [6.45, 7) is 1.73. The molecule has 0 aliphatic carbocycles. The molecular weight excluding hydrogens is 384 g/mol. The van der Waals surface area contributed by atoms with Gasteiger partial charge in [-0.2, -0.15) is 0 Å². The minimum absolute atomic E-state index is 0.0140. The quantitative estimate of drug-likeness (QED) is 0.685. The number of amides is 1. The van der Waals surface area contributed by atoms with E-state index < -0.39 is 27.0 Å². The monoisotopic (exact) mass is 402 g/mol. The predicted octanol–water partition coefficient (Wildman–Crippen LogP) is 0.596. The van der Waals surface area contributed by atoms with Crippen molar-refractivity contribution in [2.24, 2.45) is 14.1 Å². The topological polar surface area (TPSA) is 120 Å². The summed E-state index contributed by atoms with van der Waals surface area (Å²) in [4.78, 5) is 41.1. The highest BCUT2D eigenvalue weighted by Gasteiger charge is 2.16. The van der Waals surface area contributed by atoms with Gasteiger partial charge in [-0.05, 0) is 36.8 Å². The van der Waals surface area contributed by atoms with Crippen LogP contribution in [0, 0.1) is 6.92 Å². The lowest BCUT2D eigenvalue weighted by molar-refractivity contribution is 0.102. The number of rotatable bonds is 3. The van der Waals surface area contributed by atoms with Gasteiger partial charge < -0.3 is 5.32 Å². The van der Waals surface area contributed by atoms with Gasteiger partial charge in [0.25, 0.3) is 11.5 Å². The summed E-state index contributed by atoms with van der Waals surface area (Å²) in [7, 11) is -0.612. The standard InChI is InChI=1S/C18H18N4O5S/c1-10-5-6-11(28(4,26)27)9-14(10)20-16(23)13-8-7-12-15(19-13)21(2)18(25)22(3)17(12)24/h5-9H,1-4H3,(H,20,23). The Hall–Kier alpha value is -3.27. The summed E-state index contributed by atoms with van der Waals surface area (Å²) < 4.78 is 25.6. The highest BCUT2D eigenvalue weighted by Crippen LogP contribution is 2.21. The number of hydrogen-bond donors (Lipinski definition) is 1. The van der Waals surface area contributed by atoms with Crippen LogP contribution < -0.4 is 16.6 Å². The molecule has 0 bridgehead atoms. The number of pyridine rings is 1. The number of hydrogen-bond acceptors (Lipinski definition) is 6.